The lowest BCUT2D eigenvalue weighted by molar-refractivity contribution is 1.34. The maximum atomic E-state index is 4.40. The number of aryl methyl sites for hydroxylation is 1. The number of rotatable bonds is 1. The van der Waals surface area contributed by atoms with Crippen molar-refractivity contribution in [3.8, 4) is 10.6 Å². The van der Waals surface area contributed by atoms with Gasteiger partial charge < -0.3 is 0 Å². The molecule has 0 unspecified atom stereocenters. The first-order valence-corrected chi connectivity index (χ1v) is 6.46. The second-order valence-electron chi connectivity index (χ2n) is 2.95. The lowest BCUT2D eigenvalue weighted by atomic mass is 10.2. The quantitative estimate of drug-likeness (QED) is 0.741. The van der Waals surface area contributed by atoms with Gasteiger partial charge in [-0.3, -0.25) is 0 Å². The Labute approximate surface area is 103 Å². The number of nitrogens with zero attached hydrogens (tertiary/aromatic N) is 1. The molecule has 0 aliphatic carbocycles. The van der Waals surface area contributed by atoms with Crippen molar-refractivity contribution < 1.29 is 0 Å². The number of thiazole rings is 1. The van der Waals surface area contributed by atoms with E-state index in [2.05, 4.69) is 68.0 Å². The van der Waals surface area contributed by atoms with E-state index in [1.54, 1.807) is 11.3 Å². The summed E-state index contributed by atoms with van der Waals surface area (Å²) in [4.78, 5) is 4.40. The zero-order chi connectivity index (χ0) is 10.1. The van der Waals surface area contributed by atoms with Crippen LogP contribution in [-0.2, 0) is 0 Å². The highest BCUT2D eigenvalue weighted by atomic mass is 79.9. The van der Waals surface area contributed by atoms with E-state index in [0.717, 1.165) is 19.0 Å². The van der Waals surface area contributed by atoms with Gasteiger partial charge in [0.25, 0.3) is 0 Å². The van der Waals surface area contributed by atoms with Gasteiger partial charge in [0.1, 0.15) is 13.4 Å². The Hall–Kier alpha value is -0.190. The standard InChI is InChI=1S/C10H7Br2NS/c1-6-2-4-7(5-3-6)10-13-8(11)9(12)14-10/h2-5H,1H3. The fourth-order valence-electron chi connectivity index (χ4n) is 1.10. The van der Waals surface area contributed by atoms with E-state index in [0.29, 0.717) is 0 Å². The molecule has 0 N–H and O–H groups in total. The summed E-state index contributed by atoms with van der Waals surface area (Å²) in [5.41, 5.74) is 2.43. The second kappa shape index (κ2) is 4.13. The van der Waals surface area contributed by atoms with Gasteiger partial charge >= 0.3 is 0 Å². The minimum Gasteiger partial charge on any atom is -0.228 e. The summed E-state index contributed by atoms with van der Waals surface area (Å²) in [6.45, 7) is 2.08. The second-order valence-corrected chi connectivity index (χ2v) is 6.02. The molecule has 14 heavy (non-hydrogen) atoms. The molecule has 1 aromatic heterocycles. The van der Waals surface area contributed by atoms with Crippen LogP contribution < -0.4 is 0 Å². The van der Waals surface area contributed by atoms with E-state index in [9.17, 15) is 0 Å². The molecule has 0 bridgehead atoms. The zero-order valence-electron chi connectivity index (χ0n) is 7.42. The Bertz CT molecular complexity index is 428. The Kier molecular flexibility index (Phi) is 3.04. The molecule has 0 amide bonds. The number of hydrogen-bond acceptors (Lipinski definition) is 2. The molecule has 0 saturated carbocycles. The predicted octanol–water partition coefficient (Wildman–Crippen LogP) is 4.64. The molecule has 0 aliphatic heterocycles. The summed E-state index contributed by atoms with van der Waals surface area (Å²) >= 11 is 8.45. The molecule has 0 saturated heterocycles. The van der Waals surface area contributed by atoms with Crippen LogP contribution in [0.5, 0.6) is 0 Å². The van der Waals surface area contributed by atoms with Crippen molar-refractivity contribution in [1.29, 1.82) is 0 Å². The van der Waals surface area contributed by atoms with Crippen molar-refractivity contribution in [3.05, 3.63) is 38.2 Å². The SMILES string of the molecule is Cc1ccc(-c2nc(Br)c(Br)s2)cc1. The third-order valence-corrected chi connectivity index (χ3v) is 4.97. The first-order valence-electron chi connectivity index (χ1n) is 4.05. The van der Waals surface area contributed by atoms with Gasteiger partial charge in [-0.05, 0) is 38.8 Å². The molecule has 0 spiro atoms. The van der Waals surface area contributed by atoms with Crippen LogP contribution in [0.4, 0.5) is 0 Å². The number of halogens is 2. The van der Waals surface area contributed by atoms with Crippen molar-refractivity contribution >= 4 is 43.2 Å². The van der Waals surface area contributed by atoms with Crippen molar-refractivity contribution in [2.75, 3.05) is 0 Å². The molecule has 4 heteroatoms. The van der Waals surface area contributed by atoms with E-state index in [4.69, 9.17) is 0 Å². The van der Waals surface area contributed by atoms with Crippen molar-refractivity contribution in [2.24, 2.45) is 0 Å². The van der Waals surface area contributed by atoms with Gasteiger partial charge in [0.15, 0.2) is 0 Å². The highest BCUT2D eigenvalue weighted by Gasteiger charge is 2.07. The average Bonchev–Trinajstić information content (AvgIpc) is 2.48. The molecule has 72 valence electrons. The van der Waals surface area contributed by atoms with E-state index >= 15 is 0 Å². The van der Waals surface area contributed by atoms with Gasteiger partial charge in [0.05, 0.1) is 0 Å². The number of aromatic nitrogens is 1. The van der Waals surface area contributed by atoms with Gasteiger partial charge in [-0.1, -0.05) is 29.8 Å². The molecule has 0 radical (unpaired) electrons. The van der Waals surface area contributed by atoms with Crippen molar-refractivity contribution in [1.82, 2.24) is 4.98 Å². The van der Waals surface area contributed by atoms with E-state index in [1.165, 1.54) is 5.56 Å². The molecule has 1 nitrogen and oxygen atoms in total. The molecule has 0 atom stereocenters. The average molecular weight is 333 g/mol. The Morgan fingerprint density at radius 3 is 2.29 bits per heavy atom. The van der Waals surface area contributed by atoms with Gasteiger partial charge in [-0.15, -0.1) is 11.3 Å². The van der Waals surface area contributed by atoms with Crippen LogP contribution in [0.3, 0.4) is 0 Å². The van der Waals surface area contributed by atoms with Crippen LogP contribution in [0.2, 0.25) is 0 Å². The molecule has 1 aromatic carbocycles. The van der Waals surface area contributed by atoms with Gasteiger partial charge in [0, 0.05) is 5.56 Å². The fraction of sp³-hybridized carbons (Fsp3) is 0.100. The summed E-state index contributed by atoms with van der Waals surface area (Å²) < 4.78 is 1.91. The van der Waals surface area contributed by atoms with Gasteiger partial charge in [-0.25, -0.2) is 4.98 Å². The molecule has 0 aliphatic rings. The zero-order valence-corrected chi connectivity index (χ0v) is 11.4. The maximum Gasteiger partial charge on any atom is 0.132 e. The van der Waals surface area contributed by atoms with E-state index in [-0.39, 0.29) is 0 Å². The minimum atomic E-state index is 0.873. The molecule has 2 aromatic rings. The topological polar surface area (TPSA) is 12.9 Å². The first kappa shape index (κ1) is 10.3. The van der Waals surface area contributed by atoms with Crippen LogP contribution in [0.1, 0.15) is 5.56 Å². The number of benzene rings is 1. The molecule has 1 heterocycles. The Morgan fingerprint density at radius 1 is 1.14 bits per heavy atom. The highest BCUT2D eigenvalue weighted by Crippen LogP contribution is 2.34. The van der Waals surface area contributed by atoms with Crippen LogP contribution in [0.25, 0.3) is 10.6 Å². The van der Waals surface area contributed by atoms with E-state index < -0.39 is 0 Å². The lowest BCUT2D eigenvalue weighted by Crippen LogP contribution is -1.76. The smallest absolute Gasteiger partial charge is 0.132 e. The molecule has 2 rings (SSSR count). The Morgan fingerprint density at radius 2 is 1.79 bits per heavy atom. The fourth-order valence-corrected chi connectivity index (χ4v) is 2.88. The third kappa shape index (κ3) is 2.07. The van der Waals surface area contributed by atoms with Crippen molar-refractivity contribution in [3.63, 3.8) is 0 Å². The largest absolute Gasteiger partial charge is 0.228 e. The minimum absolute atomic E-state index is 0.873. The summed E-state index contributed by atoms with van der Waals surface area (Å²) in [6, 6.07) is 8.37. The summed E-state index contributed by atoms with van der Waals surface area (Å²) in [6.07, 6.45) is 0. The summed E-state index contributed by atoms with van der Waals surface area (Å²) in [7, 11) is 0. The molecule has 0 fully saturated rings. The van der Waals surface area contributed by atoms with Crippen LogP contribution in [0, 0.1) is 6.92 Å². The Balaban J connectivity index is 2.44. The monoisotopic (exact) mass is 331 g/mol. The normalized spacial score (nSPS) is 10.5. The maximum absolute atomic E-state index is 4.40. The molecular formula is C10H7Br2NS. The van der Waals surface area contributed by atoms with Crippen molar-refractivity contribution in [2.45, 2.75) is 6.92 Å². The van der Waals surface area contributed by atoms with Crippen LogP contribution >= 0.6 is 43.2 Å². The summed E-state index contributed by atoms with van der Waals surface area (Å²) in [5, 5.41) is 1.03. The van der Waals surface area contributed by atoms with Crippen LogP contribution in [-0.4, -0.2) is 4.98 Å². The molecular weight excluding hydrogens is 326 g/mol. The first-order chi connectivity index (χ1) is 6.66. The predicted molar refractivity (Wildman–Crippen MR) is 67.7 cm³/mol. The highest BCUT2D eigenvalue weighted by molar-refractivity contribution is 9.13. The van der Waals surface area contributed by atoms with Gasteiger partial charge in [-0.2, -0.15) is 0 Å². The number of hydrogen-bond donors (Lipinski definition) is 0. The van der Waals surface area contributed by atoms with Crippen LogP contribution in [0.15, 0.2) is 32.7 Å². The lowest BCUT2D eigenvalue weighted by Gasteiger charge is -1.95. The third-order valence-electron chi connectivity index (χ3n) is 1.85. The summed E-state index contributed by atoms with van der Waals surface area (Å²) in [5.74, 6) is 0. The van der Waals surface area contributed by atoms with E-state index in [1.807, 2.05) is 0 Å². The van der Waals surface area contributed by atoms with Gasteiger partial charge in [0.2, 0.25) is 0 Å².